The third-order valence-electron chi connectivity index (χ3n) is 2.03. The van der Waals surface area contributed by atoms with Crippen LogP contribution in [-0.2, 0) is 0 Å². The van der Waals surface area contributed by atoms with E-state index < -0.39 is 5.60 Å². The number of carbonyl (C=O) groups excluding carboxylic acids is 1. The van der Waals surface area contributed by atoms with E-state index in [-0.39, 0.29) is 11.7 Å². The van der Waals surface area contributed by atoms with Crippen molar-refractivity contribution in [3.63, 3.8) is 0 Å². The van der Waals surface area contributed by atoms with Crippen LogP contribution in [0.25, 0.3) is 0 Å². The van der Waals surface area contributed by atoms with Crippen molar-refractivity contribution in [3.8, 4) is 11.5 Å². The minimum Gasteiger partial charge on any atom is -0.504 e. The number of amides is 1. The van der Waals surface area contributed by atoms with Gasteiger partial charge in [0.2, 0.25) is 0 Å². The van der Waals surface area contributed by atoms with Gasteiger partial charge >= 0.3 is 0 Å². The fourth-order valence-corrected chi connectivity index (χ4v) is 1.32. The molecule has 4 heteroatoms. The first-order chi connectivity index (χ1) is 7.70. The van der Waals surface area contributed by atoms with Crippen LogP contribution < -0.4 is 4.74 Å². The summed E-state index contributed by atoms with van der Waals surface area (Å²) in [5.41, 5.74) is 0.0733. The molecule has 0 heterocycles. The Morgan fingerprint density at radius 2 is 1.88 bits per heavy atom. The minimum absolute atomic E-state index is 0.0373. The molecule has 0 fully saturated rings. The quantitative estimate of drug-likeness (QED) is 0.858. The molecule has 0 aromatic heterocycles. The van der Waals surface area contributed by atoms with Gasteiger partial charge in [0.15, 0.2) is 11.5 Å². The van der Waals surface area contributed by atoms with Crippen molar-refractivity contribution in [1.29, 1.82) is 0 Å². The van der Waals surface area contributed by atoms with Crippen LogP contribution in [0.15, 0.2) is 18.2 Å². The lowest BCUT2D eigenvalue weighted by Crippen LogP contribution is -2.24. The van der Waals surface area contributed by atoms with Gasteiger partial charge in [0, 0.05) is 19.7 Å². The Balaban J connectivity index is 3.07. The Bertz CT molecular complexity index is 419. The lowest BCUT2D eigenvalue weighted by Gasteiger charge is -2.22. The number of hydrogen-bond donors (Lipinski definition) is 1. The second-order valence-corrected chi connectivity index (χ2v) is 5.10. The Hall–Kier alpha value is -1.71. The number of phenols is 1. The molecule has 0 spiro atoms. The van der Waals surface area contributed by atoms with Crippen molar-refractivity contribution < 1.29 is 14.6 Å². The molecule has 0 radical (unpaired) electrons. The smallest absolute Gasteiger partial charge is 0.253 e. The number of phenolic OH excluding ortho intramolecular Hbond substituents is 1. The van der Waals surface area contributed by atoms with Crippen molar-refractivity contribution in [2.75, 3.05) is 14.1 Å². The third-order valence-corrected chi connectivity index (χ3v) is 2.03. The predicted molar refractivity (Wildman–Crippen MR) is 66.5 cm³/mol. The molecule has 0 saturated carbocycles. The van der Waals surface area contributed by atoms with Crippen LogP contribution in [0.3, 0.4) is 0 Å². The molecule has 0 atom stereocenters. The second kappa shape index (κ2) is 4.65. The number of rotatable bonds is 2. The summed E-state index contributed by atoms with van der Waals surface area (Å²) in [6.07, 6.45) is 0. The van der Waals surface area contributed by atoms with Crippen molar-refractivity contribution in [2.45, 2.75) is 26.4 Å². The van der Waals surface area contributed by atoms with Gasteiger partial charge in [-0.25, -0.2) is 0 Å². The number of hydrogen-bond acceptors (Lipinski definition) is 3. The van der Waals surface area contributed by atoms with Crippen molar-refractivity contribution in [3.05, 3.63) is 23.8 Å². The zero-order valence-corrected chi connectivity index (χ0v) is 10.9. The van der Waals surface area contributed by atoms with Crippen LogP contribution in [0, 0.1) is 0 Å². The van der Waals surface area contributed by atoms with E-state index in [0.717, 1.165) is 0 Å². The highest BCUT2D eigenvalue weighted by Gasteiger charge is 2.17. The van der Waals surface area contributed by atoms with Gasteiger partial charge in [-0.15, -0.1) is 0 Å². The average molecular weight is 237 g/mol. The molecule has 1 amide bonds. The molecule has 0 saturated heterocycles. The molecule has 0 aliphatic heterocycles. The first-order valence-electron chi connectivity index (χ1n) is 5.44. The number of ether oxygens (including phenoxy) is 1. The van der Waals surface area contributed by atoms with E-state index in [1.54, 1.807) is 26.2 Å². The van der Waals surface area contributed by atoms with Crippen LogP contribution in [0.2, 0.25) is 0 Å². The fraction of sp³-hybridized carbons (Fsp3) is 0.462. The molecule has 1 N–H and O–H groups in total. The number of nitrogens with zero attached hydrogens (tertiary/aromatic N) is 1. The van der Waals surface area contributed by atoms with E-state index in [0.29, 0.717) is 11.3 Å². The molecule has 0 aliphatic carbocycles. The second-order valence-electron chi connectivity index (χ2n) is 5.10. The summed E-state index contributed by atoms with van der Waals surface area (Å²) in [5.74, 6) is 0.240. The van der Waals surface area contributed by atoms with Crippen LogP contribution in [0.4, 0.5) is 0 Å². The van der Waals surface area contributed by atoms with Gasteiger partial charge in [-0.1, -0.05) is 0 Å². The van der Waals surface area contributed by atoms with E-state index in [2.05, 4.69) is 0 Å². The molecule has 1 rings (SSSR count). The first-order valence-corrected chi connectivity index (χ1v) is 5.44. The number of benzene rings is 1. The normalized spacial score (nSPS) is 11.1. The largest absolute Gasteiger partial charge is 0.504 e. The molecule has 0 aliphatic rings. The summed E-state index contributed by atoms with van der Waals surface area (Å²) in [5, 5.41) is 9.67. The summed E-state index contributed by atoms with van der Waals surface area (Å²) >= 11 is 0. The highest BCUT2D eigenvalue weighted by molar-refractivity contribution is 5.94. The van der Waals surface area contributed by atoms with Gasteiger partial charge in [-0.2, -0.15) is 0 Å². The summed E-state index contributed by atoms with van der Waals surface area (Å²) in [4.78, 5) is 13.2. The van der Waals surface area contributed by atoms with Gasteiger partial charge in [0.25, 0.3) is 5.91 Å². The Kier molecular flexibility index (Phi) is 3.66. The van der Waals surface area contributed by atoms with Crippen LogP contribution in [0.1, 0.15) is 31.1 Å². The Morgan fingerprint density at radius 3 is 2.35 bits per heavy atom. The average Bonchev–Trinajstić information content (AvgIpc) is 2.18. The van der Waals surface area contributed by atoms with E-state index in [1.807, 2.05) is 20.8 Å². The van der Waals surface area contributed by atoms with Crippen LogP contribution in [0.5, 0.6) is 11.5 Å². The highest BCUT2D eigenvalue weighted by atomic mass is 16.5. The molecule has 1 aromatic carbocycles. The monoisotopic (exact) mass is 237 g/mol. The van der Waals surface area contributed by atoms with Gasteiger partial charge in [-0.05, 0) is 39.0 Å². The third kappa shape index (κ3) is 3.66. The van der Waals surface area contributed by atoms with E-state index >= 15 is 0 Å². The Morgan fingerprint density at radius 1 is 1.29 bits per heavy atom. The molecule has 17 heavy (non-hydrogen) atoms. The summed E-state index contributed by atoms with van der Waals surface area (Å²) in [7, 11) is 3.36. The Labute approximate surface area is 102 Å². The molecular weight excluding hydrogens is 218 g/mol. The SMILES string of the molecule is CN(C)C(=O)c1ccc(O)c(OC(C)(C)C)c1. The topological polar surface area (TPSA) is 49.8 Å². The molecular formula is C13H19NO3. The van der Waals surface area contributed by atoms with Crippen molar-refractivity contribution >= 4 is 5.91 Å². The standard InChI is InChI=1S/C13H19NO3/c1-13(2,3)17-11-8-9(6-7-10(11)15)12(16)14(4)5/h6-8,15H,1-5H3. The first kappa shape index (κ1) is 13.4. The minimum atomic E-state index is -0.419. The van der Waals surface area contributed by atoms with Gasteiger partial charge in [0.1, 0.15) is 5.60 Å². The maximum atomic E-state index is 11.8. The summed E-state index contributed by atoms with van der Waals surface area (Å²) in [6.45, 7) is 5.65. The maximum absolute atomic E-state index is 11.8. The highest BCUT2D eigenvalue weighted by Crippen LogP contribution is 2.30. The zero-order chi connectivity index (χ0) is 13.2. The molecule has 0 unspecified atom stereocenters. The van der Waals surface area contributed by atoms with E-state index in [9.17, 15) is 9.90 Å². The number of aromatic hydroxyl groups is 1. The van der Waals surface area contributed by atoms with Gasteiger partial charge in [-0.3, -0.25) is 4.79 Å². The molecule has 1 aromatic rings. The maximum Gasteiger partial charge on any atom is 0.253 e. The summed E-state index contributed by atoms with van der Waals surface area (Å²) in [6, 6.07) is 4.61. The van der Waals surface area contributed by atoms with Crippen LogP contribution in [-0.4, -0.2) is 35.6 Å². The lowest BCUT2D eigenvalue weighted by molar-refractivity contribution is 0.0824. The van der Waals surface area contributed by atoms with E-state index in [1.165, 1.54) is 11.0 Å². The predicted octanol–water partition coefficient (Wildman–Crippen LogP) is 2.27. The van der Waals surface area contributed by atoms with Crippen molar-refractivity contribution in [1.82, 2.24) is 4.90 Å². The zero-order valence-electron chi connectivity index (χ0n) is 10.9. The van der Waals surface area contributed by atoms with E-state index in [4.69, 9.17) is 4.74 Å². The fourth-order valence-electron chi connectivity index (χ4n) is 1.32. The molecule has 0 bridgehead atoms. The lowest BCUT2D eigenvalue weighted by atomic mass is 10.1. The number of carbonyl (C=O) groups is 1. The van der Waals surface area contributed by atoms with Crippen molar-refractivity contribution in [2.24, 2.45) is 0 Å². The van der Waals surface area contributed by atoms with Gasteiger partial charge < -0.3 is 14.7 Å². The van der Waals surface area contributed by atoms with Gasteiger partial charge in [0.05, 0.1) is 0 Å². The summed E-state index contributed by atoms with van der Waals surface area (Å²) < 4.78 is 5.58. The van der Waals surface area contributed by atoms with Crippen LogP contribution >= 0.6 is 0 Å². The molecule has 4 nitrogen and oxygen atoms in total. The molecule has 94 valence electrons.